The largest absolute Gasteiger partial charge is 0.482 e. The predicted molar refractivity (Wildman–Crippen MR) is 105 cm³/mol. The molecule has 0 fully saturated rings. The van der Waals surface area contributed by atoms with E-state index in [9.17, 15) is 19.2 Å². The van der Waals surface area contributed by atoms with Crippen LogP contribution in [-0.2, 0) is 14.3 Å². The minimum atomic E-state index is -0.676. The quantitative estimate of drug-likeness (QED) is 0.550. The summed E-state index contributed by atoms with van der Waals surface area (Å²) >= 11 is 0. The highest BCUT2D eigenvalue weighted by Gasteiger charge is 2.19. The first kappa shape index (κ1) is 20.1. The zero-order chi connectivity index (χ0) is 20.8. The number of hydrogen-bond acceptors (Lipinski definition) is 6. The third kappa shape index (κ3) is 5.19. The van der Waals surface area contributed by atoms with Gasteiger partial charge in [0.2, 0.25) is 5.91 Å². The van der Waals surface area contributed by atoms with E-state index < -0.39 is 12.6 Å². The molecule has 2 aromatic carbocycles. The highest BCUT2D eigenvalue weighted by atomic mass is 16.5. The van der Waals surface area contributed by atoms with Crippen LogP contribution in [0.3, 0.4) is 0 Å². The number of nitrogens with one attached hydrogen (secondary N) is 2. The van der Waals surface area contributed by atoms with Crippen LogP contribution in [-0.4, -0.2) is 36.8 Å². The summed E-state index contributed by atoms with van der Waals surface area (Å²) in [7, 11) is 0. The lowest BCUT2D eigenvalue weighted by atomic mass is 10.1. The number of hydrogen-bond donors (Lipinski definition) is 2. The van der Waals surface area contributed by atoms with Crippen LogP contribution in [0.25, 0.3) is 0 Å². The number of ketones is 1. The first-order valence-corrected chi connectivity index (χ1v) is 9.13. The Bertz CT molecular complexity index is 952. The van der Waals surface area contributed by atoms with Crippen molar-refractivity contribution in [1.29, 1.82) is 0 Å². The fourth-order valence-corrected chi connectivity index (χ4v) is 2.69. The van der Waals surface area contributed by atoms with Gasteiger partial charge in [0.15, 0.2) is 19.0 Å². The maximum Gasteiger partial charge on any atom is 0.338 e. The SMILES string of the molecule is CCCC(=O)Nc1ccc(C(=O)COC(=O)c2ccc3c(c2)OCC(=O)N3)cc1. The zero-order valence-corrected chi connectivity index (χ0v) is 15.8. The molecule has 8 heteroatoms. The molecule has 0 spiro atoms. The van der Waals surface area contributed by atoms with Gasteiger partial charge in [-0.1, -0.05) is 6.92 Å². The van der Waals surface area contributed by atoms with Crippen molar-refractivity contribution >= 4 is 34.9 Å². The summed E-state index contributed by atoms with van der Waals surface area (Å²) in [5, 5.41) is 5.36. The Balaban J connectivity index is 1.55. The molecule has 0 aliphatic carbocycles. The third-order valence-corrected chi connectivity index (χ3v) is 4.15. The average Bonchev–Trinajstić information content (AvgIpc) is 2.72. The molecule has 2 amide bonds. The number of esters is 1. The van der Waals surface area contributed by atoms with Gasteiger partial charge in [0.25, 0.3) is 5.91 Å². The summed E-state index contributed by atoms with van der Waals surface area (Å²) in [5.41, 5.74) is 1.64. The first-order chi connectivity index (χ1) is 14.0. The smallest absolute Gasteiger partial charge is 0.338 e. The van der Waals surface area contributed by atoms with Gasteiger partial charge in [-0.25, -0.2) is 4.79 Å². The summed E-state index contributed by atoms with van der Waals surface area (Å²) < 4.78 is 10.3. The molecule has 150 valence electrons. The molecule has 3 rings (SSSR count). The van der Waals surface area contributed by atoms with Crippen LogP contribution in [0.15, 0.2) is 42.5 Å². The minimum Gasteiger partial charge on any atom is -0.482 e. The Morgan fingerprint density at radius 2 is 1.83 bits per heavy atom. The summed E-state index contributed by atoms with van der Waals surface area (Å²) in [6, 6.07) is 10.8. The Hall–Kier alpha value is -3.68. The number of benzene rings is 2. The van der Waals surface area contributed by atoms with Crippen LogP contribution in [0.4, 0.5) is 11.4 Å². The van der Waals surface area contributed by atoms with E-state index in [0.717, 1.165) is 6.42 Å². The summed E-state index contributed by atoms with van der Waals surface area (Å²) in [4.78, 5) is 47.3. The molecule has 2 N–H and O–H groups in total. The predicted octanol–water partition coefficient (Wildman–Crippen LogP) is 2.80. The topological polar surface area (TPSA) is 111 Å². The van der Waals surface area contributed by atoms with Crippen LogP contribution < -0.4 is 15.4 Å². The molecular weight excluding hydrogens is 376 g/mol. The lowest BCUT2D eigenvalue weighted by Crippen LogP contribution is -2.25. The van der Waals surface area contributed by atoms with Crippen LogP contribution in [0, 0.1) is 0 Å². The second-order valence-electron chi connectivity index (χ2n) is 6.42. The highest BCUT2D eigenvalue weighted by Crippen LogP contribution is 2.28. The second-order valence-corrected chi connectivity index (χ2v) is 6.42. The summed E-state index contributed by atoms with van der Waals surface area (Å²) in [5.74, 6) is -1.04. The van der Waals surface area contributed by atoms with Crippen molar-refractivity contribution in [3.05, 3.63) is 53.6 Å². The van der Waals surface area contributed by atoms with E-state index in [1.54, 1.807) is 24.3 Å². The van der Waals surface area contributed by atoms with E-state index >= 15 is 0 Å². The van der Waals surface area contributed by atoms with Crippen molar-refractivity contribution in [1.82, 2.24) is 0 Å². The van der Waals surface area contributed by atoms with Gasteiger partial charge in [0.1, 0.15) is 5.75 Å². The Kier molecular flexibility index (Phi) is 6.23. The van der Waals surface area contributed by atoms with Gasteiger partial charge in [-0.3, -0.25) is 14.4 Å². The molecule has 1 aliphatic rings. The van der Waals surface area contributed by atoms with E-state index in [4.69, 9.17) is 9.47 Å². The lowest BCUT2D eigenvalue weighted by molar-refractivity contribution is -0.118. The van der Waals surface area contributed by atoms with Gasteiger partial charge in [-0.15, -0.1) is 0 Å². The molecule has 0 atom stereocenters. The number of fused-ring (bicyclic) bond motifs is 1. The zero-order valence-electron chi connectivity index (χ0n) is 15.8. The average molecular weight is 396 g/mol. The van der Waals surface area contributed by atoms with Gasteiger partial charge in [0.05, 0.1) is 11.3 Å². The van der Waals surface area contributed by atoms with Crippen LogP contribution in [0.1, 0.15) is 40.5 Å². The van der Waals surface area contributed by atoms with Crippen molar-refractivity contribution in [2.45, 2.75) is 19.8 Å². The Labute approximate surface area is 167 Å². The summed E-state index contributed by atoms with van der Waals surface area (Å²) in [6.07, 6.45) is 1.18. The molecule has 0 radical (unpaired) electrons. The van der Waals surface area contributed by atoms with Crippen molar-refractivity contribution in [2.24, 2.45) is 0 Å². The minimum absolute atomic E-state index is 0.0888. The second kappa shape index (κ2) is 9.01. The fraction of sp³-hybridized carbons (Fsp3) is 0.238. The van der Waals surface area contributed by atoms with Gasteiger partial charge < -0.3 is 20.1 Å². The summed E-state index contributed by atoms with van der Waals surface area (Å²) in [6.45, 7) is 1.37. The monoisotopic (exact) mass is 396 g/mol. The van der Waals surface area contributed by atoms with Gasteiger partial charge in [-0.05, 0) is 48.9 Å². The van der Waals surface area contributed by atoms with E-state index in [-0.39, 0.29) is 29.8 Å². The Morgan fingerprint density at radius 3 is 2.55 bits per heavy atom. The van der Waals surface area contributed by atoms with Gasteiger partial charge in [0, 0.05) is 17.7 Å². The molecule has 0 unspecified atom stereocenters. The number of rotatable bonds is 7. The lowest BCUT2D eigenvalue weighted by Gasteiger charge is -2.18. The molecule has 8 nitrogen and oxygen atoms in total. The van der Waals surface area contributed by atoms with E-state index in [1.165, 1.54) is 18.2 Å². The maximum atomic E-state index is 12.2. The molecular formula is C21H20N2O6. The van der Waals surface area contributed by atoms with Crippen molar-refractivity contribution in [2.75, 3.05) is 23.8 Å². The molecule has 0 saturated carbocycles. The van der Waals surface area contributed by atoms with Gasteiger partial charge >= 0.3 is 5.97 Å². The van der Waals surface area contributed by atoms with E-state index in [1.807, 2.05) is 6.92 Å². The van der Waals surface area contributed by atoms with Crippen LogP contribution in [0.5, 0.6) is 5.75 Å². The van der Waals surface area contributed by atoms with Crippen molar-refractivity contribution in [3.63, 3.8) is 0 Å². The molecule has 0 aromatic heterocycles. The maximum absolute atomic E-state index is 12.2. The molecule has 0 saturated heterocycles. The first-order valence-electron chi connectivity index (χ1n) is 9.13. The fourth-order valence-electron chi connectivity index (χ4n) is 2.69. The van der Waals surface area contributed by atoms with E-state index in [0.29, 0.717) is 29.1 Å². The third-order valence-electron chi connectivity index (χ3n) is 4.15. The number of carbonyl (C=O) groups excluding carboxylic acids is 4. The number of Topliss-reactive ketones (excluding diaryl/α,β-unsaturated/α-hetero) is 1. The number of amides is 2. The van der Waals surface area contributed by atoms with Crippen molar-refractivity contribution in [3.8, 4) is 5.75 Å². The van der Waals surface area contributed by atoms with Crippen LogP contribution in [0.2, 0.25) is 0 Å². The number of carbonyl (C=O) groups is 4. The molecule has 1 heterocycles. The normalized spacial score (nSPS) is 12.2. The molecule has 0 bridgehead atoms. The number of anilines is 2. The highest BCUT2D eigenvalue weighted by molar-refractivity contribution is 6.01. The molecule has 2 aromatic rings. The molecule has 1 aliphatic heterocycles. The van der Waals surface area contributed by atoms with E-state index in [2.05, 4.69) is 10.6 Å². The van der Waals surface area contributed by atoms with Crippen LogP contribution >= 0.6 is 0 Å². The van der Waals surface area contributed by atoms with Crippen molar-refractivity contribution < 1.29 is 28.7 Å². The number of ether oxygens (including phenoxy) is 2. The molecule has 29 heavy (non-hydrogen) atoms. The standard InChI is InChI=1S/C21H20N2O6/c1-2-3-19(25)22-15-7-4-13(5-8-15)17(24)11-29-21(27)14-6-9-16-18(10-14)28-12-20(26)23-16/h4-10H,2-3,11-12H2,1H3,(H,22,25)(H,23,26). The Morgan fingerprint density at radius 1 is 1.10 bits per heavy atom. The van der Waals surface area contributed by atoms with Gasteiger partial charge in [-0.2, -0.15) is 0 Å².